The molecule has 0 saturated carbocycles. The second-order valence-electron chi connectivity index (χ2n) is 5.00. The third-order valence-corrected chi connectivity index (χ3v) is 4.29. The van der Waals surface area contributed by atoms with Gasteiger partial charge in [-0.15, -0.1) is 11.8 Å². The van der Waals surface area contributed by atoms with E-state index in [4.69, 9.17) is 4.52 Å². The van der Waals surface area contributed by atoms with E-state index in [9.17, 15) is 5.11 Å². The summed E-state index contributed by atoms with van der Waals surface area (Å²) in [6.45, 7) is 2.66. The molecular weight excluding hydrogens is 274 g/mol. The van der Waals surface area contributed by atoms with Crippen LogP contribution in [0.15, 0.2) is 33.7 Å². The SMILES string of the molecule is Cc1ccc(SCc2noc([C@@H]3C[C@H](O)CN3)n2)cc1. The third kappa shape index (κ3) is 3.20. The first kappa shape index (κ1) is 13.6. The maximum atomic E-state index is 9.49. The van der Waals surface area contributed by atoms with Crippen LogP contribution in [0.4, 0.5) is 0 Å². The molecule has 1 fully saturated rings. The van der Waals surface area contributed by atoms with Crippen molar-refractivity contribution in [1.29, 1.82) is 0 Å². The Morgan fingerprint density at radius 1 is 1.40 bits per heavy atom. The van der Waals surface area contributed by atoms with Crippen molar-refractivity contribution in [2.75, 3.05) is 6.54 Å². The topological polar surface area (TPSA) is 71.2 Å². The molecule has 1 aliphatic rings. The molecule has 1 aliphatic heterocycles. The molecule has 2 heterocycles. The number of nitrogens with one attached hydrogen (secondary N) is 1. The molecule has 106 valence electrons. The van der Waals surface area contributed by atoms with Gasteiger partial charge in [0.05, 0.1) is 17.9 Å². The van der Waals surface area contributed by atoms with E-state index in [-0.39, 0.29) is 12.1 Å². The van der Waals surface area contributed by atoms with E-state index < -0.39 is 0 Å². The van der Waals surface area contributed by atoms with Crippen LogP contribution in [-0.4, -0.2) is 27.9 Å². The molecule has 20 heavy (non-hydrogen) atoms. The van der Waals surface area contributed by atoms with Crippen molar-refractivity contribution in [2.24, 2.45) is 0 Å². The van der Waals surface area contributed by atoms with E-state index >= 15 is 0 Å². The second kappa shape index (κ2) is 5.95. The average molecular weight is 291 g/mol. The van der Waals surface area contributed by atoms with Gasteiger partial charge in [-0.3, -0.25) is 0 Å². The number of rotatable bonds is 4. The maximum absolute atomic E-state index is 9.49. The van der Waals surface area contributed by atoms with E-state index in [0.29, 0.717) is 30.4 Å². The van der Waals surface area contributed by atoms with Gasteiger partial charge in [0.2, 0.25) is 5.89 Å². The Hall–Kier alpha value is -1.37. The molecule has 0 radical (unpaired) electrons. The van der Waals surface area contributed by atoms with Gasteiger partial charge in [-0.05, 0) is 25.5 Å². The number of aliphatic hydroxyl groups is 1. The number of nitrogens with zero attached hydrogens (tertiary/aromatic N) is 2. The quantitative estimate of drug-likeness (QED) is 0.840. The molecule has 2 aromatic rings. The fourth-order valence-electron chi connectivity index (χ4n) is 2.16. The van der Waals surface area contributed by atoms with Crippen LogP contribution >= 0.6 is 11.8 Å². The lowest BCUT2D eigenvalue weighted by atomic mass is 10.2. The zero-order valence-corrected chi connectivity index (χ0v) is 12.1. The number of hydrogen-bond donors (Lipinski definition) is 2. The first-order valence-electron chi connectivity index (χ1n) is 6.64. The van der Waals surface area contributed by atoms with Crippen LogP contribution in [0.3, 0.4) is 0 Å². The molecule has 0 bridgehead atoms. The predicted octanol–water partition coefficient (Wildman–Crippen LogP) is 2.07. The Morgan fingerprint density at radius 2 is 2.20 bits per heavy atom. The van der Waals surface area contributed by atoms with Crippen LogP contribution < -0.4 is 5.32 Å². The largest absolute Gasteiger partial charge is 0.392 e. The van der Waals surface area contributed by atoms with Gasteiger partial charge in [-0.25, -0.2) is 0 Å². The minimum atomic E-state index is -0.322. The van der Waals surface area contributed by atoms with Crippen LogP contribution in [0, 0.1) is 6.92 Å². The van der Waals surface area contributed by atoms with Crippen molar-refractivity contribution in [1.82, 2.24) is 15.5 Å². The number of benzene rings is 1. The summed E-state index contributed by atoms with van der Waals surface area (Å²) in [4.78, 5) is 5.58. The van der Waals surface area contributed by atoms with Crippen LogP contribution in [0.25, 0.3) is 0 Å². The lowest BCUT2D eigenvalue weighted by molar-refractivity contribution is 0.191. The molecule has 1 saturated heterocycles. The van der Waals surface area contributed by atoms with Crippen molar-refractivity contribution < 1.29 is 9.63 Å². The number of hydrogen-bond acceptors (Lipinski definition) is 6. The highest BCUT2D eigenvalue weighted by Gasteiger charge is 2.27. The molecule has 0 unspecified atom stereocenters. The van der Waals surface area contributed by atoms with E-state index in [1.54, 1.807) is 11.8 Å². The lowest BCUT2D eigenvalue weighted by Crippen LogP contribution is -2.15. The zero-order valence-electron chi connectivity index (χ0n) is 11.2. The van der Waals surface area contributed by atoms with Crippen LogP contribution in [-0.2, 0) is 5.75 Å². The third-order valence-electron chi connectivity index (χ3n) is 3.28. The Kier molecular flexibility index (Phi) is 4.05. The van der Waals surface area contributed by atoms with Crippen LogP contribution in [0.2, 0.25) is 0 Å². The molecule has 0 amide bonds. The van der Waals surface area contributed by atoms with Gasteiger partial charge < -0.3 is 14.9 Å². The highest BCUT2D eigenvalue weighted by molar-refractivity contribution is 7.98. The van der Waals surface area contributed by atoms with Gasteiger partial charge in [0.1, 0.15) is 0 Å². The van der Waals surface area contributed by atoms with E-state index in [2.05, 4.69) is 46.6 Å². The van der Waals surface area contributed by atoms with Gasteiger partial charge in [-0.2, -0.15) is 4.98 Å². The molecule has 6 heteroatoms. The number of aromatic nitrogens is 2. The Bertz CT molecular complexity index is 570. The van der Waals surface area contributed by atoms with Gasteiger partial charge >= 0.3 is 0 Å². The summed E-state index contributed by atoms with van der Waals surface area (Å²) in [6.07, 6.45) is 0.310. The molecule has 0 spiro atoms. The van der Waals surface area contributed by atoms with Crippen LogP contribution in [0.5, 0.6) is 0 Å². The average Bonchev–Trinajstić information content (AvgIpc) is 3.07. The minimum absolute atomic E-state index is 0.0179. The highest BCUT2D eigenvalue weighted by atomic mass is 32.2. The summed E-state index contributed by atoms with van der Waals surface area (Å²) in [5.74, 6) is 1.94. The molecule has 2 N–H and O–H groups in total. The zero-order chi connectivity index (χ0) is 13.9. The van der Waals surface area contributed by atoms with Crippen molar-refractivity contribution in [2.45, 2.75) is 36.1 Å². The smallest absolute Gasteiger partial charge is 0.243 e. The monoisotopic (exact) mass is 291 g/mol. The first-order chi connectivity index (χ1) is 9.70. The molecule has 3 rings (SSSR count). The summed E-state index contributed by atoms with van der Waals surface area (Å²) in [5.41, 5.74) is 1.25. The number of aliphatic hydroxyl groups excluding tert-OH is 1. The minimum Gasteiger partial charge on any atom is -0.392 e. The first-order valence-corrected chi connectivity index (χ1v) is 7.62. The summed E-state index contributed by atoms with van der Waals surface area (Å²) in [5, 5.41) is 16.6. The summed E-state index contributed by atoms with van der Waals surface area (Å²) in [7, 11) is 0. The van der Waals surface area contributed by atoms with Crippen LogP contribution in [0.1, 0.15) is 29.7 Å². The van der Waals surface area contributed by atoms with Gasteiger partial charge in [0.25, 0.3) is 0 Å². The van der Waals surface area contributed by atoms with Gasteiger partial charge in [0.15, 0.2) is 5.82 Å². The van der Waals surface area contributed by atoms with Crippen molar-refractivity contribution in [3.63, 3.8) is 0 Å². The van der Waals surface area contributed by atoms with Crippen molar-refractivity contribution in [3.8, 4) is 0 Å². The molecular formula is C14H17N3O2S. The summed E-state index contributed by atoms with van der Waals surface area (Å²) >= 11 is 1.68. The highest BCUT2D eigenvalue weighted by Crippen LogP contribution is 2.25. The van der Waals surface area contributed by atoms with Crippen molar-refractivity contribution >= 4 is 11.8 Å². The normalized spacial score (nSPS) is 22.3. The molecule has 2 atom stereocenters. The van der Waals surface area contributed by atoms with E-state index in [1.165, 1.54) is 10.5 Å². The predicted molar refractivity (Wildman–Crippen MR) is 76.4 cm³/mol. The summed E-state index contributed by atoms with van der Waals surface area (Å²) in [6, 6.07) is 8.35. The summed E-state index contributed by atoms with van der Waals surface area (Å²) < 4.78 is 5.26. The molecule has 1 aromatic carbocycles. The molecule has 0 aliphatic carbocycles. The van der Waals surface area contributed by atoms with Gasteiger partial charge in [-0.1, -0.05) is 22.9 Å². The number of aryl methyl sites for hydroxylation is 1. The Labute approximate surface area is 121 Å². The Morgan fingerprint density at radius 3 is 2.90 bits per heavy atom. The number of β-amino-alcohol motifs (C(OH)–C–C–N with tert-alkyl or cyclic N) is 1. The molecule has 1 aromatic heterocycles. The lowest BCUT2D eigenvalue weighted by Gasteiger charge is -2.01. The Balaban J connectivity index is 1.58. The van der Waals surface area contributed by atoms with Crippen molar-refractivity contribution in [3.05, 3.63) is 41.5 Å². The van der Waals surface area contributed by atoms with E-state index in [0.717, 1.165) is 0 Å². The molecule has 5 nitrogen and oxygen atoms in total. The standard InChI is InChI=1S/C14H17N3O2S/c1-9-2-4-11(5-3-9)20-8-13-16-14(19-17-13)12-6-10(18)7-15-12/h2-5,10,12,15,18H,6-8H2,1H3/t10-,12-/m0/s1. The number of thioether (sulfide) groups is 1. The fraction of sp³-hybridized carbons (Fsp3) is 0.429. The van der Waals surface area contributed by atoms with Gasteiger partial charge in [0, 0.05) is 11.4 Å². The fourth-order valence-corrected chi connectivity index (χ4v) is 2.90. The second-order valence-corrected chi connectivity index (χ2v) is 6.05. The van der Waals surface area contributed by atoms with E-state index in [1.807, 2.05) is 0 Å². The maximum Gasteiger partial charge on any atom is 0.243 e.